The van der Waals surface area contributed by atoms with Crippen molar-refractivity contribution in [3.8, 4) is 0 Å². The Kier molecular flexibility index (Phi) is 8.32. The SMILES string of the molecule is CC(C)c1ccc(C(C)NCC(=O)N2CCC(C(=O)N3CCCCCC3)CC2)cc1. The average Bonchev–Trinajstić information content (AvgIpc) is 3.06. The molecule has 1 atom stereocenters. The lowest BCUT2D eigenvalue weighted by Gasteiger charge is -2.34. The molecule has 1 aromatic rings. The summed E-state index contributed by atoms with van der Waals surface area (Å²) in [5, 5.41) is 3.37. The van der Waals surface area contributed by atoms with E-state index in [1.165, 1.54) is 24.0 Å². The molecule has 2 aliphatic heterocycles. The first kappa shape index (κ1) is 22.8. The maximum atomic E-state index is 12.8. The van der Waals surface area contributed by atoms with Crippen molar-refractivity contribution in [2.24, 2.45) is 5.92 Å². The largest absolute Gasteiger partial charge is 0.342 e. The maximum Gasteiger partial charge on any atom is 0.236 e. The lowest BCUT2D eigenvalue weighted by molar-refractivity contribution is -0.140. The molecule has 2 aliphatic rings. The van der Waals surface area contributed by atoms with Crippen molar-refractivity contribution < 1.29 is 9.59 Å². The molecule has 2 heterocycles. The first-order valence-electron chi connectivity index (χ1n) is 11.9. The fourth-order valence-electron chi connectivity index (χ4n) is 4.56. The number of rotatable bonds is 6. The van der Waals surface area contributed by atoms with Crippen molar-refractivity contribution in [3.05, 3.63) is 35.4 Å². The number of nitrogens with one attached hydrogen (secondary N) is 1. The first-order valence-corrected chi connectivity index (χ1v) is 11.9. The molecular weight excluding hydrogens is 374 g/mol. The van der Waals surface area contributed by atoms with Crippen LogP contribution < -0.4 is 5.32 Å². The molecule has 2 amide bonds. The van der Waals surface area contributed by atoms with Gasteiger partial charge in [-0.25, -0.2) is 0 Å². The summed E-state index contributed by atoms with van der Waals surface area (Å²) in [7, 11) is 0. The summed E-state index contributed by atoms with van der Waals surface area (Å²) in [5.41, 5.74) is 2.54. The van der Waals surface area contributed by atoms with Crippen LogP contribution in [-0.4, -0.2) is 54.3 Å². The normalized spacial score (nSPS) is 19.6. The third kappa shape index (κ3) is 6.07. The quantitative estimate of drug-likeness (QED) is 0.764. The molecule has 0 saturated carbocycles. The topological polar surface area (TPSA) is 52.7 Å². The summed E-state index contributed by atoms with van der Waals surface area (Å²) in [6.07, 6.45) is 6.34. The molecule has 1 N–H and O–H groups in total. The van der Waals surface area contributed by atoms with Crippen LogP contribution in [0.25, 0.3) is 0 Å². The highest BCUT2D eigenvalue weighted by Crippen LogP contribution is 2.22. The van der Waals surface area contributed by atoms with Crippen molar-refractivity contribution in [2.45, 2.75) is 71.3 Å². The van der Waals surface area contributed by atoms with Crippen LogP contribution in [0.3, 0.4) is 0 Å². The number of benzene rings is 1. The highest BCUT2D eigenvalue weighted by molar-refractivity contribution is 5.81. The smallest absolute Gasteiger partial charge is 0.236 e. The van der Waals surface area contributed by atoms with Crippen LogP contribution in [0.15, 0.2) is 24.3 Å². The van der Waals surface area contributed by atoms with Gasteiger partial charge in [0.25, 0.3) is 0 Å². The molecule has 30 heavy (non-hydrogen) atoms. The van der Waals surface area contributed by atoms with Crippen molar-refractivity contribution in [3.63, 3.8) is 0 Å². The van der Waals surface area contributed by atoms with E-state index >= 15 is 0 Å². The van der Waals surface area contributed by atoms with Crippen LogP contribution in [0.1, 0.15) is 82.4 Å². The number of hydrogen-bond acceptors (Lipinski definition) is 3. The van der Waals surface area contributed by atoms with Gasteiger partial charge in [-0.3, -0.25) is 9.59 Å². The van der Waals surface area contributed by atoms with Gasteiger partial charge in [0, 0.05) is 38.1 Å². The summed E-state index contributed by atoms with van der Waals surface area (Å²) >= 11 is 0. The molecule has 0 bridgehead atoms. The van der Waals surface area contributed by atoms with Gasteiger partial charge in [0.1, 0.15) is 0 Å². The molecule has 0 aliphatic carbocycles. The van der Waals surface area contributed by atoms with Crippen LogP contribution in [0.2, 0.25) is 0 Å². The van der Waals surface area contributed by atoms with E-state index in [0.29, 0.717) is 31.5 Å². The minimum absolute atomic E-state index is 0.0958. The van der Waals surface area contributed by atoms with Gasteiger partial charge < -0.3 is 15.1 Å². The summed E-state index contributed by atoms with van der Waals surface area (Å²) in [4.78, 5) is 29.5. The Bertz CT molecular complexity index is 685. The van der Waals surface area contributed by atoms with E-state index in [-0.39, 0.29) is 17.9 Å². The van der Waals surface area contributed by atoms with Gasteiger partial charge >= 0.3 is 0 Å². The Hall–Kier alpha value is -1.88. The van der Waals surface area contributed by atoms with Gasteiger partial charge in [0.05, 0.1) is 6.54 Å². The molecule has 2 saturated heterocycles. The molecule has 5 heteroatoms. The molecule has 1 unspecified atom stereocenters. The fraction of sp³-hybridized carbons (Fsp3) is 0.680. The van der Waals surface area contributed by atoms with Crippen LogP contribution in [0.5, 0.6) is 0 Å². The average molecular weight is 414 g/mol. The Morgan fingerprint density at radius 2 is 1.43 bits per heavy atom. The predicted molar refractivity (Wildman–Crippen MR) is 121 cm³/mol. The highest BCUT2D eigenvalue weighted by atomic mass is 16.2. The highest BCUT2D eigenvalue weighted by Gasteiger charge is 2.30. The number of likely N-dealkylation sites (tertiary alicyclic amines) is 2. The van der Waals surface area contributed by atoms with Crippen molar-refractivity contribution in [1.29, 1.82) is 0 Å². The third-order valence-corrected chi connectivity index (χ3v) is 6.78. The van der Waals surface area contributed by atoms with Crippen LogP contribution in [-0.2, 0) is 9.59 Å². The Morgan fingerprint density at radius 1 is 0.867 bits per heavy atom. The third-order valence-electron chi connectivity index (χ3n) is 6.78. The first-order chi connectivity index (χ1) is 14.5. The van der Waals surface area contributed by atoms with Crippen LogP contribution in [0, 0.1) is 5.92 Å². The second kappa shape index (κ2) is 10.9. The Labute approximate surface area is 182 Å². The summed E-state index contributed by atoms with van der Waals surface area (Å²) in [6.45, 7) is 10.1. The van der Waals surface area contributed by atoms with Gasteiger partial charge in [0.2, 0.25) is 11.8 Å². The van der Waals surface area contributed by atoms with Crippen molar-refractivity contribution >= 4 is 11.8 Å². The van der Waals surface area contributed by atoms with Gasteiger partial charge in [-0.05, 0) is 49.7 Å². The summed E-state index contributed by atoms with van der Waals surface area (Å²) in [6, 6.07) is 8.78. The number of nitrogens with zero attached hydrogens (tertiary/aromatic N) is 2. The maximum absolute atomic E-state index is 12.8. The van der Waals surface area contributed by atoms with Crippen molar-refractivity contribution in [2.75, 3.05) is 32.7 Å². The van der Waals surface area contributed by atoms with E-state index in [2.05, 4.69) is 55.3 Å². The molecule has 166 valence electrons. The van der Waals surface area contributed by atoms with Gasteiger partial charge in [-0.1, -0.05) is 51.0 Å². The zero-order valence-corrected chi connectivity index (χ0v) is 19.0. The Balaban J connectivity index is 1.42. The fourth-order valence-corrected chi connectivity index (χ4v) is 4.56. The molecule has 5 nitrogen and oxygen atoms in total. The standard InChI is InChI=1S/C25H39N3O2/c1-19(2)21-8-10-22(11-9-21)20(3)26-18-24(29)27-16-12-23(13-17-27)25(30)28-14-6-4-5-7-15-28/h8-11,19-20,23,26H,4-7,12-18H2,1-3H3. The zero-order chi connectivity index (χ0) is 21.5. The number of carbonyl (C=O) groups is 2. The van der Waals surface area contributed by atoms with Gasteiger partial charge in [0.15, 0.2) is 0 Å². The van der Waals surface area contributed by atoms with Gasteiger partial charge in [-0.2, -0.15) is 0 Å². The summed E-state index contributed by atoms with van der Waals surface area (Å²) < 4.78 is 0. The minimum Gasteiger partial charge on any atom is -0.342 e. The van der Waals surface area contributed by atoms with E-state index in [4.69, 9.17) is 0 Å². The van der Waals surface area contributed by atoms with E-state index in [9.17, 15) is 9.59 Å². The molecule has 0 radical (unpaired) electrons. The predicted octanol–water partition coefficient (Wildman–Crippen LogP) is 4.10. The molecule has 0 aromatic heterocycles. The molecule has 2 fully saturated rings. The minimum atomic E-state index is 0.0958. The number of carbonyl (C=O) groups excluding carboxylic acids is 2. The van der Waals surface area contributed by atoms with Crippen LogP contribution >= 0.6 is 0 Å². The second-order valence-electron chi connectivity index (χ2n) is 9.32. The second-order valence-corrected chi connectivity index (χ2v) is 9.32. The van der Waals surface area contributed by atoms with E-state index in [0.717, 1.165) is 38.8 Å². The number of amides is 2. The lowest BCUT2D eigenvalue weighted by atomic mass is 9.95. The van der Waals surface area contributed by atoms with Crippen molar-refractivity contribution in [1.82, 2.24) is 15.1 Å². The molecule has 3 rings (SSSR count). The summed E-state index contributed by atoms with van der Waals surface area (Å²) in [5.74, 6) is 1.08. The van der Waals surface area contributed by atoms with E-state index < -0.39 is 0 Å². The zero-order valence-electron chi connectivity index (χ0n) is 19.0. The molecular formula is C25H39N3O2. The number of piperidine rings is 1. The Morgan fingerprint density at radius 3 is 2.00 bits per heavy atom. The monoisotopic (exact) mass is 413 g/mol. The van der Waals surface area contributed by atoms with Gasteiger partial charge in [-0.15, -0.1) is 0 Å². The molecule has 0 spiro atoms. The van der Waals surface area contributed by atoms with E-state index in [1.54, 1.807) is 0 Å². The van der Waals surface area contributed by atoms with Crippen LogP contribution in [0.4, 0.5) is 0 Å². The lowest BCUT2D eigenvalue weighted by Crippen LogP contribution is -2.47. The number of hydrogen-bond donors (Lipinski definition) is 1. The molecule has 1 aromatic carbocycles. The van der Waals surface area contributed by atoms with E-state index in [1.807, 2.05) is 4.90 Å².